The zero-order valence-corrected chi connectivity index (χ0v) is 17.4. The Kier molecular flexibility index (Phi) is 7.33. The molecule has 1 aromatic heterocycles. The van der Waals surface area contributed by atoms with Crippen molar-refractivity contribution in [1.82, 2.24) is 0 Å². The van der Waals surface area contributed by atoms with E-state index in [0.29, 0.717) is 5.76 Å². The number of ether oxygens (including phenoxy) is 2. The normalized spacial score (nSPS) is 11.3. The van der Waals surface area contributed by atoms with Crippen LogP contribution in [0.5, 0.6) is 11.5 Å². The fourth-order valence-corrected chi connectivity index (χ4v) is 2.55. The molecule has 1 heterocycles. The Labute approximate surface area is 167 Å². The summed E-state index contributed by atoms with van der Waals surface area (Å²) in [5, 5.41) is 0.265. The fourth-order valence-electron chi connectivity index (χ4n) is 2.20. The van der Waals surface area contributed by atoms with Crippen LogP contribution in [0.4, 0.5) is 0 Å². The molecular weight excluding hydrogens is 363 g/mol. The second kappa shape index (κ2) is 8.41. The van der Waals surface area contributed by atoms with Crippen LogP contribution < -0.4 is 38.5 Å². The van der Waals surface area contributed by atoms with Crippen LogP contribution >= 0.6 is 0 Å². The fraction of sp³-hybridized carbons (Fsp3) is 0.400. The zero-order valence-electron chi connectivity index (χ0n) is 14.6. The molecule has 0 aliphatic heterocycles. The minimum Gasteiger partial charge on any atom is -0.716 e. The summed E-state index contributed by atoms with van der Waals surface area (Å²) in [6.45, 7) is 6.83. The number of aryl methyl sites for hydroxylation is 1. The van der Waals surface area contributed by atoms with Gasteiger partial charge in [0.2, 0.25) is 0 Å². The molecule has 0 saturated heterocycles. The van der Waals surface area contributed by atoms with Gasteiger partial charge in [0, 0.05) is 11.5 Å². The van der Waals surface area contributed by atoms with E-state index in [1.54, 1.807) is 27.7 Å². The van der Waals surface area contributed by atoms with Gasteiger partial charge < -0.3 is 22.6 Å². The summed E-state index contributed by atoms with van der Waals surface area (Å²) >= 11 is 0. The predicted octanol–water partition coefficient (Wildman–Crippen LogP) is -0.452. The number of fused-ring (bicyclic) bond motifs is 1. The number of esters is 1. The van der Waals surface area contributed by atoms with Crippen molar-refractivity contribution in [1.29, 1.82) is 0 Å². The molecular formula is C15H17NaO8S. The van der Waals surface area contributed by atoms with Crippen molar-refractivity contribution in [3.8, 4) is 11.5 Å². The molecule has 0 unspecified atom stereocenters. The molecule has 2 rings (SSSR count). The van der Waals surface area contributed by atoms with Crippen molar-refractivity contribution in [2.75, 3.05) is 6.61 Å². The first-order chi connectivity index (χ1) is 11.1. The van der Waals surface area contributed by atoms with Gasteiger partial charge in [0.05, 0.1) is 12.7 Å². The van der Waals surface area contributed by atoms with Gasteiger partial charge in [-0.1, -0.05) is 0 Å². The SMILES string of the molecule is CCOC(=O)c1c(C)oc2cc(OC(C)C)c(OS(=O)(=O)[O-])cc12.[Na+]. The molecule has 10 heteroatoms. The van der Waals surface area contributed by atoms with Gasteiger partial charge in [-0.15, -0.1) is 0 Å². The van der Waals surface area contributed by atoms with E-state index in [1.165, 1.54) is 12.1 Å². The molecule has 0 aliphatic carbocycles. The third-order valence-corrected chi connectivity index (χ3v) is 3.35. The van der Waals surface area contributed by atoms with Gasteiger partial charge in [0.15, 0.2) is 11.5 Å². The summed E-state index contributed by atoms with van der Waals surface area (Å²) in [6.07, 6.45) is -0.306. The molecule has 0 amide bonds. The van der Waals surface area contributed by atoms with Crippen molar-refractivity contribution >= 4 is 27.3 Å². The third-order valence-electron chi connectivity index (χ3n) is 2.96. The molecule has 2 aromatic rings. The van der Waals surface area contributed by atoms with Crippen LogP contribution in [0.15, 0.2) is 16.5 Å². The van der Waals surface area contributed by atoms with Crippen molar-refractivity contribution in [2.45, 2.75) is 33.8 Å². The van der Waals surface area contributed by atoms with Crippen LogP contribution in [0.3, 0.4) is 0 Å². The van der Waals surface area contributed by atoms with Gasteiger partial charge in [0.1, 0.15) is 16.9 Å². The van der Waals surface area contributed by atoms with Gasteiger partial charge in [-0.05, 0) is 33.8 Å². The van der Waals surface area contributed by atoms with E-state index in [4.69, 9.17) is 13.9 Å². The summed E-state index contributed by atoms with van der Waals surface area (Å²) in [4.78, 5) is 12.1. The number of furan rings is 1. The Morgan fingerprint density at radius 1 is 1.28 bits per heavy atom. The van der Waals surface area contributed by atoms with Crippen LogP contribution in [0.25, 0.3) is 11.0 Å². The summed E-state index contributed by atoms with van der Waals surface area (Å²) in [7, 11) is -5.02. The monoisotopic (exact) mass is 380 g/mol. The number of benzene rings is 1. The van der Waals surface area contributed by atoms with Crippen LogP contribution in [-0.2, 0) is 15.1 Å². The summed E-state index contributed by atoms with van der Waals surface area (Å²) in [5.41, 5.74) is 0.415. The number of hydrogen-bond acceptors (Lipinski definition) is 8. The summed E-state index contributed by atoms with van der Waals surface area (Å²) in [5.74, 6) is -0.637. The Balaban J connectivity index is 0.00000312. The number of hydrogen-bond donors (Lipinski definition) is 0. The van der Waals surface area contributed by atoms with Crippen molar-refractivity contribution in [3.05, 3.63) is 23.5 Å². The summed E-state index contributed by atoms with van der Waals surface area (Å²) in [6, 6.07) is 2.58. The van der Waals surface area contributed by atoms with Gasteiger partial charge in [-0.2, -0.15) is 0 Å². The molecule has 1 aromatic carbocycles. The van der Waals surface area contributed by atoms with Crippen LogP contribution in [0, 0.1) is 6.92 Å². The average molecular weight is 380 g/mol. The first kappa shape index (κ1) is 21.8. The maximum atomic E-state index is 12.1. The van der Waals surface area contributed by atoms with E-state index in [-0.39, 0.29) is 70.3 Å². The van der Waals surface area contributed by atoms with Crippen LogP contribution in [0.1, 0.15) is 36.9 Å². The standard InChI is InChI=1S/C15H18O8S.Na/c1-5-20-15(16)14-9(4)22-11-7-12(21-8(2)3)13(6-10(11)14)23-24(17,18)19;/h6-8H,5H2,1-4H3,(H,17,18,19);/q;+1/p-1. The Hall–Kier alpha value is -1.26. The van der Waals surface area contributed by atoms with Gasteiger partial charge in [-0.25, -0.2) is 13.2 Å². The smallest absolute Gasteiger partial charge is 0.716 e. The molecule has 0 aliphatic rings. The molecule has 0 fully saturated rings. The minimum absolute atomic E-state index is 0. The Morgan fingerprint density at radius 3 is 2.44 bits per heavy atom. The van der Waals surface area contributed by atoms with E-state index >= 15 is 0 Å². The number of carbonyl (C=O) groups excluding carboxylic acids is 1. The molecule has 132 valence electrons. The maximum Gasteiger partial charge on any atom is 1.00 e. The van der Waals surface area contributed by atoms with Crippen LogP contribution in [-0.4, -0.2) is 31.7 Å². The molecule has 0 saturated carbocycles. The summed E-state index contributed by atoms with van der Waals surface area (Å²) < 4.78 is 53.2. The van der Waals surface area contributed by atoms with Gasteiger partial charge in [-0.3, -0.25) is 0 Å². The number of rotatable bonds is 6. The van der Waals surface area contributed by atoms with Gasteiger partial charge in [0.25, 0.3) is 10.4 Å². The second-order valence-electron chi connectivity index (χ2n) is 5.21. The third kappa shape index (κ3) is 5.35. The quantitative estimate of drug-likeness (QED) is 0.286. The molecule has 0 spiro atoms. The van der Waals surface area contributed by atoms with E-state index in [9.17, 15) is 17.8 Å². The topological polar surface area (TPSA) is 115 Å². The zero-order chi connectivity index (χ0) is 18.1. The second-order valence-corrected chi connectivity index (χ2v) is 6.19. The van der Waals surface area contributed by atoms with E-state index in [2.05, 4.69) is 4.18 Å². The van der Waals surface area contributed by atoms with E-state index in [1.807, 2.05) is 0 Å². The predicted molar refractivity (Wildman–Crippen MR) is 83.0 cm³/mol. The number of carbonyl (C=O) groups is 1. The van der Waals surface area contributed by atoms with Crippen molar-refractivity contribution in [3.63, 3.8) is 0 Å². The van der Waals surface area contributed by atoms with E-state index < -0.39 is 16.4 Å². The first-order valence-electron chi connectivity index (χ1n) is 7.18. The minimum atomic E-state index is -5.02. The molecule has 0 bridgehead atoms. The molecule has 0 atom stereocenters. The molecule has 0 N–H and O–H groups in total. The molecule has 8 nitrogen and oxygen atoms in total. The molecule has 0 radical (unpaired) electrons. The Bertz CT molecular complexity index is 869. The van der Waals surface area contributed by atoms with Crippen molar-refractivity contribution in [2.24, 2.45) is 0 Å². The first-order valence-corrected chi connectivity index (χ1v) is 8.52. The molecule has 25 heavy (non-hydrogen) atoms. The largest absolute Gasteiger partial charge is 1.00 e. The van der Waals surface area contributed by atoms with Crippen LogP contribution in [0.2, 0.25) is 0 Å². The van der Waals surface area contributed by atoms with Gasteiger partial charge >= 0.3 is 35.5 Å². The van der Waals surface area contributed by atoms with E-state index in [0.717, 1.165) is 0 Å². The maximum absolute atomic E-state index is 12.1. The van der Waals surface area contributed by atoms with Crippen molar-refractivity contribution < 1.29 is 65.4 Å². The average Bonchev–Trinajstić information content (AvgIpc) is 2.72. The Morgan fingerprint density at radius 2 is 1.92 bits per heavy atom.